The van der Waals surface area contributed by atoms with Crippen LogP contribution < -0.4 is 25.4 Å². The van der Waals surface area contributed by atoms with Gasteiger partial charge in [0.15, 0.2) is 23.2 Å². The summed E-state index contributed by atoms with van der Waals surface area (Å²) in [6.45, 7) is 8.65. The molecule has 0 radical (unpaired) electrons. The number of aryl methyl sites for hydroxylation is 1. The van der Waals surface area contributed by atoms with E-state index >= 15 is 0 Å². The van der Waals surface area contributed by atoms with E-state index in [9.17, 15) is 9.59 Å². The molecule has 1 fully saturated rings. The van der Waals surface area contributed by atoms with Gasteiger partial charge in [-0.3, -0.25) is 9.59 Å². The predicted octanol–water partition coefficient (Wildman–Crippen LogP) is 3.45. The molecule has 2 aliphatic heterocycles. The third-order valence-electron chi connectivity index (χ3n) is 6.47. The van der Waals surface area contributed by atoms with Gasteiger partial charge in [0, 0.05) is 24.5 Å². The van der Waals surface area contributed by atoms with Crippen LogP contribution in [0, 0.1) is 6.92 Å². The lowest BCUT2D eigenvalue weighted by molar-refractivity contribution is -0.145. The van der Waals surface area contributed by atoms with Gasteiger partial charge in [0.1, 0.15) is 0 Å². The lowest BCUT2D eigenvalue weighted by atomic mass is 9.94. The van der Waals surface area contributed by atoms with Gasteiger partial charge in [-0.2, -0.15) is 0 Å². The first kappa shape index (κ1) is 27.4. The highest BCUT2D eigenvalue weighted by Crippen LogP contribution is 2.34. The second kappa shape index (κ2) is 11.8. The molecule has 0 saturated carbocycles. The maximum atomic E-state index is 13.3. The molecule has 4 rings (SSSR count). The van der Waals surface area contributed by atoms with Crippen molar-refractivity contribution in [1.29, 1.82) is 0 Å². The number of rotatable bonds is 7. The third kappa shape index (κ3) is 6.43. The fourth-order valence-corrected chi connectivity index (χ4v) is 4.95. The molecule has 2 aromatic carbocycles. The molecule has 2 aromatic rings. The van der Waals surface area contributed by atoms with Crippen LogP contribution in [-0.2, 0) is 14.3 Å². The van der Waals surface area contributed by atoms with Crippen molar-refractivity contribution in [2.75, 3.05) is 32.1 Å². The lowest BCUT2D eigenvalue weighted by Gasteiger charge is -2.35. The van der Waals surface area contributed by atoms with Crippen LogP contribution in [0.15, 0.2) is 53.7 Å². The monoisotopic (exact) mass is 538 g/mol. The second-order valence-corrected chi connectivity index (χ2v) is 10.1. The van der Waals surface area contributed by atoms with Crippen molar-refractivity contribution in [1.82, 2.24) is 15.5 Å². The number of allylic oxidation sites excluding steroid dienone is 1. The summed E-state index contributed by atoms with van der Waals surface area (Å²) in [5, 5.41) is 9.62. The minimum Gasteiger partial charge on any atom is -0.493 e. The number of carbonyl (C=O) groups is 2. The largest absolute Gasteiger partial charge is 0.493 e. The summed E-state index contributed by atoms with van der Waals surface area (Å²) in [6, 6.07) is 12.4. The van der Waals surface area contributed by atoms with E-state index in [1.807, 2.05) is 58.0 Å². The quantitative estimate of drug-likeness (QED) is 0.461. The van der Waals surface area contributed by atoms with Crippen LogP contribution in [0.3, 0.4) is 0 Å². The minimum atomic E-state index is -0.518. The molecule has 1 saturated heterocycles. The Morgan fingerprint density at radius 1 is 1.08 bits per heavy atom. The molecule has 9 nitrogen and oxygen atoms in total. The molecule has 3 atom stereocenters. The SMILES string of the molecule is COc1cc([C@@H]2NC(=S)NC(C)=C2C(=O)Nc2ccc(C)cc2)ccc1OCC(=O)N1C[C@@H](C)O[C@@H](C)C1. The Labute approximate surface area is 228 Å². The molecule has 3 N–H and O–H groups in total. The molecule has 2 aliphatic rings. The Morgan fingerprint density at radius 2 is 1.76 bits per heavy atom. The number of anilines is 1. The number of thiocarbonyl (C=S) groups is 1. The number of methoxy groups -OCH3 is 1. The summed E-state index contributed by atoms with van der Waals surface area (Å²) in [4.78, 5) is 27.9. The number of hydrogen-bond donors (Lipinski definition) is 3. The topological polar surface area (TPSA) is 101 Å². The number of amides is 2. The van der Waals surface area contributed by atoms with Crippen molar-refractivity contribution in [2.24, 2.45) is 0 Å². The van der Waals surface area contributed by atoms with Gasteiger partial charge >= 0.3 is 0 Å². The molecule has 2 heterocycles. The predicted molar refractivity (Wildman–Crippen MR) is 149 cm³/mol. The number of morpholine rings is 1. The van der Waals surface area contributed by atoms with Crippen LogP contribution in [0.5, 0.6) is 11.5 Å². The van der Waals surface area contributed by atoms with E-state index in [2.05, 4.69) is 16.0 Å². The molecule has 0 aliphatic carbocycles. The highest BCUT2D eigenvalue weighted by atomic mass is 32.1. The van der Waals surface area contributed by atoms with Crippen LogP contribution in [0.4, 0.5) is 5.69 Å². The number of hydrogen-bond acceptors (Lipinski definition) is 6. The summed E-state index contributed by atoms with van der Waals surface area (Å²) < 4.78 is 17.1. The molecule has 0 spiro atoms. The van der Waals surface area contributed by atoms with E-state index in [0.717, 1.165) is 11.1 Å². The van der Waals surface area contributed by atoms with Gasteiger partial charge in [-0.25, -0.2) is 0 Å². The van der Waals surface area contributed by atoms with Crippen molar-refractivity contribution in [3.63, 3.8) is 0 Å². The molecular weight excluding hydrogens is 504 g/mol. The first-order chi connectivity index (χ1) is 18.1. The lowest BCUT2D eigenvalue weighted by Crippen LogP contribution is -2.49. The first-order valence-corrected chi connectivity index (χ1v) is 13.0. The van der Waals surface area contributed by atoms with Crippen LogP contribution in [0.25, 0.3) is 0 Å². The van der Waals surface area contributed by atoms with Crippen molar-refractivity contribution < 1.29 is 23.8 Å². The van der Waals surface area contributed by atoms with Gasteiger partial charge < -0.3 is 35.1 Å². The maximum absolute atomic E-state index is 13.3. The fraction of sp³-hybridized carbons (Fsp3) is 0.393. The zero-order chi connectivity index (χ0) is 27.4. The smallest absolute Gasteiger partial charge is 0.260 e. The van der Waals surface area contributed by atoms with E-state index in [-0.39, 0.29) is 30.6 Å². The average molecular weight is 539 g/mol. The number of ether oxygens (including phenoxy) is 3. The molecule has 202 valence electrons. The van der Waals surface area contributed by atoms with Crippen molar-refractivity contribution in [3.8, 4) is 11.5 Å². The van der Waals surface area contributed by atoms with Gasteiger partial charge in [0.05, 0.1) is 30.9 Å². The summed E-state index contributed by atoms with van der Waals surface area (Å²) in [5.74, 6) is 0.512. The second-order valence-electron chi connectivity index (χ2n) is 9.65. The first-order valence-electron chi connectivity index (χ1n) is 12.5. The van der Waals surface area contributed by atoms with Crippen LogP contribution >= 0.6 is 12.2 Å². The molecule has 0 bridgehead atoms. The van der Waals surface area contributed by atoms with E-state index in [1.54, 1.807) is 17.0 Å². The van der Waals surface area contributed by atoms with Crippen molar-refractivity contribution in [2.45, 2.75) is 45.9 Å². The summed E-state index contributed by atoms with van der Waals surface area (Å²) in [5.41, 5.74) is 3.71. The third-order valence-corrected chi connectivity index (χ3v) is 6.69. The highest BCUT2D eigenvalue weighted by molar-refractivity contribution is 7.80. The highest BCUT2D eigenvalue weighted by Gasteiger charge is 2.31. The van der Waals surface area contributed by atoms with E-state index in [0.29, 0.717) is 46.7 Å². The number of nitrogens with zero attached hydrogens (tertiary/aromatic N) is 1. The molecule has 0 aromatic heterocycles. The van der Waals surface area contributed by atoms with Crippen LogP contribution in [0.1, 0.15) is 37.9 Å². The molecule has 38 heavy (non-hydrogen) atoms. The van der Waals surface area contributed by atoms with E-state index < -0.39 is 6.04 Å². The zero-order valence-corrected chi connectivity index (χ0v) is 23.1. The molecule has 2 amide bonds. The van der Waals surface area contributed by atoms with Gasteiger partial charge in [-0.15, -0.1) is 0 Å². The van der Waals surface area contributed by atoms with Gasteiger partial charge in [0.25, 0.3) is 11.8 Å². The molecule has 10 heteroatoms. The summed E-state index contributed by atoms with van der Waals surface area (Å²) in [7, 11) is 1.53. The van der Waals surface area contributed by atoms with Gasteiger partial charge in [-0.1, -0.05) is 23.8 Å². The van der Waals surface area contributed by atoms with E-state index in [4.69, 9.17) is 26.4 Å². The maximum Gasteiger partial charge on any atom is 0.260 e. The molecular formula is C28H34N4O5S. The van der Waals surface area contributed by atoms with Gasteiger partial charge in [0.2, 0.25) is 0 Å². The normalized spacial score (nSPS) is 21.3. The van der Waals surface area contributed by atoms with E-state index in [1.165, 1.54) is 7.11 Å². The van der Waals surface area contributed by atoms with Crippen LogP contribution in [0.2, 0.25) is 0 Å². The Kier molecular flexibility index (Phi) is 8.53. The molecule has 0 unspecified atom stereocenters. The zero-order valence-electron chi connectivity index (χ0n) is 22.3. The van der Waals surface area contributed by atoms with Crippen molar-refractivity contribution >= 4 is 34.8 Å². The van der Waals surface area contributed by atoms with Crippen LogP contribution in [-0.4, -0.2) is 60.8 Å². The number of nitrogens with one attached hydrogen (secondary N) is 3. The Morgan fingerprint density at radius 3 is 2.42 bits per heavy atom. The Hall–Kier alpha value is -3.63. The van der Waals surface area contributed by atoms with Crippen molar-refractivity contribution in [3.05, 3.63) is 64.9 Å². The Balaban J connectivity index is 1.52. The Bertz CT molecular complexity index is 1240. The minimum absolute atomic E-state index is 0.0194. The number of carbonyl (C=O) groups excluding carboxylic acids is 2. The fourth-order valence-electron chi connectivity index (χ4n) is 4.68. The number of benzene rings is 2. The van der Waals surface area contributed by atoms with Gasteiger partial charge in [-0.05, 0) is 69.7 Å². The standard InChI is InChI=1S/C28H34N4O5S/c1-16-6-9-21(10-7-16)30-27(34)25-19(4)29-28(38)31-26(25)20-8-11-22(23(12-20)35-5)36-15-24(33)32-13-17(2)37-18(3)14-32/h6-12,17-18,26H,13-15H2,1-5H3,(H,30,34)(H2,29,31,38)/t17-,18+,26-/m0/s1. The summed E-state index contributed by atoms with van der Waals surface area (Å²) in [6.07, 6.45) is -0.0389. The average Bonchev–Trinajstić information content (AvgIpc) is 2.87. The summed E-state index contributed by atoms with van der Waals surface area (Å²) >= 11 is 5.38.